The van der Waals surface area contributed by atoms with E-state index in [0.717, 1.165) is 0 Å². The van der Waals surface area contributed by atoms with Crippen LogP contribution >= 0.6 is 23.2 Å². The molecule has 0 spiro atoms. The number of benzene rings is 1. The Kier molecular flexibility index (Phi) is 6.00. The lowest BCUT2D eigenvalue weighted by Gasteiger charge is -2.12. The predicted molar refractivity (Wildman–Crippen MR) is 71.9 cm³/mol. The molecule has 0 radical (unpaired) electrons. The lowest BCUT2D eigenvalue weighted by atomic mass is 10.3. The molecule has 3 N–H and O–H groups in total. The Morgan fingerprint density at radius 3 is 2.40 bits per heavy atom. The number of hydrogen-bond donors (Lipinski definition) is 3. The second kappa shape index (κ2) is 7.28. The summed E-state index contributed by atoms with van der Waals surface area (Å²) in [6.07, 6.45) is -1.17. The molecule has 1 atom stereocenters. The molecule has 1 aromatic rings. The molecule has 1 aromatic carbocycles. The van der Waals surface area contributed by atoms with Crippen LogP contribution in [0.25, 0.3) is 0 Å². The van der Waals surface area contributed by atoms with Gasteiger partial charge < -0.3 is 20.5 Å². The van der Waals surface area contributed by atoms with E-state index in [1.54, 1.807) is 0 Å². The lowest BCUT2D eigenvalue weighted by Crippen LogP contribution is -2.39. The molecule has 0 fully saturated rings. The molecular weight excluding hydrogens is 314 g/mol. The van der Waals surface area contributed by atoms with Gasteiger partial charge >= 0.3 is 12.0 Å². The largest absolute Gasteiger partial charge is 0.479 e. The number of rotatable bonds is 5. The van der Waals surface area contributed by atoms with Crippen LogP contribution in [0.1, 0.15) is 0 Å². The van der Waals surface area contributed by atoms with Gasteiger partial charge in [-0.3, -0.25) is 0 Å². The monoisotopic (exact) mass is 324 g/mol. The van der Waals surface area contributed by atoms with Crippen LogP contribution in [-0.4, -0.2) is 36.9 Å². The van der Waals surface area contributed by atoms with E-state index in [1.165, 1.54) is 19.2 Å². The van der Waals surface area contributed by atoms with Gasteiger partial charge in [0.15, 0.2) is 11.9 Å². The van der Waals surface area contributed by atoms with E-state index in [9.17, 15) is 14.0 Å². The van der Waals surface area contributed by atoms with Gasteiger partial charge in [-0.15, -0.1) is 0 Å². The van der Waals surface area contributed by atoms with Crippen molar-refractivity contribution in [3.63, 3.8) is 0 Å². The fourth-order valence-corrected chi connectivity index (χ4v) is 1.75. The highest BCUT2D eigenvalue weighted by Gasteiger charge is 2.17. The molecule has 9 heteroatoms. The third kappa shape index (κ3) is 4.52. The van der Waals surface area contributed by atoms with E-state index in [2.05, 4.69) is 15.4 Å². The summed E-state index contributed by atoms with van der Waals surface area (Å²) in [6, 6.07) is 1.65. The fraction of sp³-hybridized carbons (Fsp3) is 0.273. The highest BCUT2D eigenvalue weighted by molar-refractivity contribution is 6.35. The molecule has 0 heterocycles. The van der Waals surface area contributed by atoms with Crippen molar-refractivity contribution >= 4 is 40.9 Å². The van der Waals surface area contributed by atoms with Crippen LogP contribution in [-0.2, 0) is 9.53 Å². The summed E-state index contributed by atoms with van der Waals surface area (Å²) in [4.78, 5) is 22.2. The summed E-state index contributed by atoms with van der Waals surface area (Å²) in [5.41, 5.74) is 0.170. The zero-order valence-corrected chi connectivity index (χ0v) is 11.8. The predicted octanol–water partition coefficient (Wildman–Crippen LogP) is 2.35. The number of carbonyl (C=O) groups is 2. The molecule has 0 bridgehead atoms. The summed E-state index contributed by atoms with van der Waals surface area (Å²) < 4.78 is 17.8. The lowest BCUT2D eigenvalue weighted by molar-refractivity contribution is -0.147. The maximum atomic E-state index is 13.2. The third-order valence-corrected chi connectivity index (χ3v) is 2.80. The number of hydrogen-bond acceptors (Lipinski definition) is 3. The molecule has 110 valence electrons. The highest BCUT2D eigenvalue weighted by Crippen LogP contribution is 2.27. The molecule has 0 aliphatic carbocycles. The number of urea groups is 1. The molecule has 0 saturated heterocycles. The molecule has 0 aliphatic rings. The minimum Gasteiger partial charge on any atom is -0.479 e. The molecule has 20 heavy (non-hydrogen) atoms. The number of carboxylic acids is 1. The van der Waals surface area contributed by atoms with Crippen LogP contribution in [0.15, 0.2) is 12.1 Å². The van der Waals surface area contributed by atoms with Crippen LogP contribution in [0.3, 0.4) is 0 Å². The molecule has 1 rings (SSSR count). The van der Waals surface area contributed by atoms with Crippen molar-refractivity contribution in [2.45, 2.75) is 6.10 Å². The van der Waals surface area contributed by atoms with E-state index in [-0.39, 0.29) is 22.3 Å². The first kappa shape index (κ1) is 16.5. The van der Waals surface area contributed by atoms with Crippen molar-refractivity contribution < 1.29 is 23.8 Å². The zero-order valence-electron chi connectivity index (χ0n) is 10.2. The Morgan fingerprint density at radius 1 is 1.40 bits per heavy atom. The molecule has 0 aromatic heterocycles. The average molecular weight is 325 g/mol. The summed E-state index contributed by atoms with van der Waals surface area (Å²) in [5.74, 6) is -2.00. The number of amides is 2. The Labute approximate surface area is 123 Å². The molecule has 0 aliphatic heterocycles. The fourth-order valence-electron chi connectivity index (χ4n) is 1.26. The normalized spacial score (nSPS) is 11.8. The van der Waals surface area contributed by atoms with Gasteiger partial charge in [-0.05, 0) is 12.1 Å². The topological polar surface area (TPSA) is 87.7 Å². The number of carbonyl (C=O) groups excluding carboxylic acids is 1. The SMILES string of the molecule is COC(CNC(=O)Nc1cc(Cl)c(F)c(Cl)c1)C(=O)O. The second-order valence-corrected chi connectivity index (χ2v) is 4.47. The van der Waals surface area contributed by atoms with Gasteiger partial charge in [0, 0.05) is 12.8 Å². The van der Waals surface area contributed by atoms with E-state index in [1.807, 2.05) is 0 Å². The summed E-state index contributed by atoms with van der Waals surface area (Å²) >= 11 is 11.1. The number of nitrogens with one attached hydrogen (secondary N) is 2. The molecule has 1 unspecified atom stereocenters. The third-order valence-electron chi connectivity index (χ3n) is 2.25. The van der Waals surface area contributed by atoms with Crippen LogP contribution < -0.4 is 10.6 Å². The minimum atomic E-state index is -1.21. The maximum absolute atomic E-state index is 13.2. The van der Waals surface area contributed by atoms with E-state index in [0.29, 0.717) is 0 Å². The van der Waals surface area contributed by atoms with Gasteiger partial charge in [0.1, 0.15) is 0 Å². The molecule has 0 saturated carbocycles. The smallest absolute Gasteiger partial charge is 0.334 e. The maximum Gasteiger partial charge on any atom is 0.334 e. The summed E-state index contributed by atoms with van der Waals surface area (Å²) in [5, 5.41) is 12.8. The Bertz CT molecular complexity index is 504. The average Bonchev–Trinajstić information content (AvgIpc) is 2.36. The first-order valence-electron chi connectivity index (χ1n) is 5.30. The minimum absolute atomic E-state index is 0.170. The number of halogens is 3. The van der Waals surface area contributed by atoms with Crippen molar-refractivity contribution in [2.75, 3.05) is 19.0 Å². The van der Waals surface area contributed by atoms with E-state index in [4.69, 9.17) is 28.3 Å². The van der Waals surface area contributed by atoms with Crippen LogP contribution in [0.5, 0.6) is 0 Å². The van der Waals surface area contributed by atoms with Crippen molar-refractivity contribution in [1.29, 1.82) is 0 Å². The Morgan fingerprint density at radius 2 is 1.95 bits per heavy atom. The number of anilines is 1. The van der Waals surface area contributed by atoms with Crippen LogP contribution in [0, 0.1) is 5.82 Å². The number of methoxy groups -OCH3 is 1. The standard InChI is InChI=1S/C11H11Cl2FN2O4/c1-20-8(10(17)18)4-15-11(19)16-5-2-6(12)9(14)7(13)3-5/h2-3,8H,4H2,1H3,(H,17,18)(H2,15,16,19). The highest BCUT2D eigenvalue weighted by atomic mass is 35.5. The Balaban J connectivity index is 2.61. The molecule has 2 amide bonds. The van der Waals surface area contributed by atoms with Gasteiger partial charge in [0.2, 0.25) is 0 Å². The van der Waals surface area contributed by atoms with Crippen LogP contribution in [0.4, 0.5) is 14.9 Å². The second-order valence-electron chi connectivity index (χ2n) is 3.65. The van der Waals surface area contributed by atoms with E-state index < -0.39 is 23.9 Å². The summed E-state index contributed by atoms with van der Waals surface area (Å²) in [6.45, 7) is -0.236. The van der Waals surface area contributed by atoms with Crippen molar-refractivity contribution in [1.82, 2.24) is 5.32 Å². The number of carboxylic acid groups (broad SMARTS) is 1. The van der Waals surface area contributed by atoms with Gasteiger partial charge in [0.05, 0.1) is 16.6 Å². The van der Waals surface area contributed by atoms with Gasteiger partial charge in [-0.25, -0.2) is 14.0 Å². The van der Waals surface area contributed by atoms with E-state index >= 15 is 0 Å². The van der Waals surface area contributed by atoms with Gasteiger partial charge in [0.25, 0.3) is 0 Å². The first-order chi connectivity index (χ1) is 9.35. The molecular formula is C11H11Cl2FN2O4. The quantitative estimate of drug-likeness (QED) is 0.725. The Hall–Kier alpha value is -1.57. The molecule has 6 nitrogen and oxygen atoms in total. The number of ether oxygens (including phenoxy) is 1. The first-order valence-corrected chi connectivity index (χ1v) is 6.05. The van der Waals surface area contributed by atoms with Gasteiger partial charge in [-0.2, -0.15) is 0 Å². The zero-order chi connectivity index (χ0) is 15.3. The van der Waals surface area contributed by atoms with Gasteiger partial charge in [-0.1, -0.05) is 23.2 Å². The van der Waals surface area contributed by atoms with Crippen molar-refractivity contribution in [2.24, 2.45) is 0 Å². The van der Waals surface area contributed by atoms with Crippen LogP contribution in [0.2, 0.25) is 10.0 Å². The van der Waals surface area contributed by atoms with Crippen molar-refractivity contribution in [3.8, 4) is 0 Å². The summed E-state index contributed by atoms with van der Waals surface area (Å²) in [7, 11) is 1.21. The van der Waals surface area contributed by atoms with Crippen molar-refractivity contribution in [3.05, 3.63) is 28.0 Å². The number of aliphatic carboxylic acids is 1.